The predicted molar refractivity (Wildman–Crippen MR) is 67.3 cm³/mol. The van der Waals surface area contributed by atoms with E-state index in [0.717, 1.165) is 12.0 Å². The molecule has 0 unspecified atom stereocenters. The van der Waals surface area contributed by atoms with Gasteiger partial charge in [-0.05, 0) is 30.0 Å². The van der Waals surface area contributed by atoms with Crippen molar-refractivity contribution in [2.24, 2.45) is 5.92 Å². The van der Waals surface area contributed by atoms with E-state index in [-0.39, 0.29) is 11.6 Å². The van der Waals surface area contributed by atoms with Gasteiger partial charge in [0.1, 0.15) is 11.7 Å². The van der Waals surface area contributed by atoms with E-state index in [1.54, 1.807) is 26.1 Å². The molecule has 1 heterocycles. The Morgan fingerprint density at radius 2 is 2.11 bits per heavy atom. The number of carboxylic acid groups (broad SMARTS) is 1. The highest BCUT2D eigenvalue weighted by atomic mass is 16.4. The first-order chi connectivity index (χ1) is 8.45. The summed E-state index contributed by atoms with van der Waals surface area (Å²) in [5, 5.41) is 11.5. The summed E-state index contributed by atoms with van der Waals surface area (Å²) in [4.78, 5) is 26.8. The van der Waals surface area contributed by atoms with Crippen LogP contribution in [0.4, 0.5) is 0 Å². The smallest absolute Gasteiger partial charge is 0.326 e. The molecule has 5 heteroatoms. The summed E-state index contributed by atoms with van der Waals surface area (Å²) in [6.45, 7) is 5.47. The molecule has 5 nitrogen and oxygen atoms in total. The lowest BCUT2D eigenvalue weighted by Crippen LogP contribution is -2.44. The van der Waals surface area contributed by atoms with E-state index < -0.39 is 17.9 Å². The van der Waals surface area contributed by atoms with E-state index in [1.165, 1.54) is 0 Å². The molecule has 18 heavy (non-hydrogen) atoms. The fourth-order valence-corrected chi connectivity index (χ4v) is 1.55. The number of nitrogens with zero attached hydrogens (tertiary/aromatic N) is 1. The van der Waals surface area contributed by atoms with Crippen LogP contribution >= 0.6 is 0 Å². The molecule has 0 bridgehead atoms. The van der Waals surface area contributed by atoms with Crippen LogP contribution in [0.3, 0.4) is 0 Å². The summed E-state index contributed by atoms with van der Waals surface area (Å²) >= 11 is 0. The Labute approximate surface area is 106 Å². The number of carbonyl (C=O) groups excluding carboxylic acids is 1. The maximum Gasteiger partial charge on any atom is 0.326 e. The number of nitrogens with one attached hydrogen (secondary N) is 1. The highest BCUT2D eigenvalue weighted by molar-refractivity contribution is 5.95. The second kappa shape index (κ2) is 6.14. The summed E-state index contributed by atoms with van der Waals surface area (Å²) in [6, 6.07) is 2.60. The lowest BCUT2D eigenvalue weighted by molar-refractivity contribution is -0.140. The minimum absolute atomic E-state index is 0.180. The van der Waals surface area contributed by atoms with Gasteiger partial charge >= 0.3 is 5.97 Å². The number of hydrogen-bond donors (Lipinski definition) is 2. The van der Waals surface area contributed by atoms with Gasteiger partial charge in [0, 0.05) is 6.20 Å². The molecule has 98 valence electrons. The summed E-state index contributed by atoms with van der Waals surface area (Å²) in [5.41, 5.74) is 1.24. The molecule has 0 radical (unpaired) electrons. The van der Waals surface area contributed by atoms with Crippen molar-refractivity contribution >= 4 is 11.9 Å². The molecule has 0 aliphatic carbocycles. The third-order valence-corrected chi connectivity index (χ3v) is 2.68. The first kappa shape index (κ1) is 14.2. The van der Waals surface area contributed by atoms with Gasteiger partial charge in [0.25, 0.3) is 5.91 Å². The summed E-state index contributed by atoms with van der Waals surface area (Å²) in [7, 11) is 0. The normalized spacial score (nSPS) is 12.2. The number of amides is 1. The van der Waals surface area contributed by atoms with Crippen LogP contribution in [0, 0.1) is 5.92 Å². The number of aromatic nitrogens is 1. The summed E-state index contributed by atoms with van der Waals surface area (Å²) in [6.07, 6.45) is 2.36. The van der Waals surface area contributed by atoms with Gasteiger partial charge in [0.05, 0.1) is 0 Å². The molecule has 0 saturated carbocycles. The van der Waals surface area contributed by atoms with Crippen LogP contribution in [0.25, 0.3) is 0 Å². The molecule has 1 aromatic rings. The molecule has 1 rings (SSSR count). The van der Waals surface area contributed by atoms with E-state index in [0.29, 0.717) is 0 Å². The number of carbonyl (C=O) groups is 2. The van der Waals surface area contributed by atoms with E-state index in [9.17, 15) is 9.59 Å². The second-order valence-electron chi connectivity index (χ2n) is 4.44. The average Bonchev–Trinajstić information content (AvgIpc) is 2.34. The number of hydrogen-bond acceptors (Lipinski definition) is 3. The van der Waals surface area contributed by atoms with Crippen molar-refractivity contribution in [3.05, 3.63) is 29.6 Å². The van der Waals surface area contributed by atoms with Crippen LogP contribution in [0.5, 0.6) is 0 Å². The largest absolute Gasteiger partial charge is 0.480 e. The Balaban J connectivity index is 2.83. The standard InChI is InChI=1S/C13H18N2O3/c1-4-9-5-6-14-10(7-9)12(16)15-11(8(2)3)13(17)18/h5-8,11H,4H2,1-3H3,(H,15,16)(H,17,18)/t11-/m0/s1. The maximum absolute atomic E-state index is 11.9. The monoisotopic (exact) mass is 250 g/mol. The van der Waals surface area contributed by atoms with Crippen molar-refractivity contribution in [1.82, 2.24) is 10.3 Å². The molecule has 1 atom stereocenters. The number of aliphatic carboxylic acids is 1. The van der Waals surface area contributed by atoms with Crippen molar-refractivity contribution in [3.8, 4) is 0 Å². The minimum Gasteiger partial charge on any atom is -0.480 e. The molecule has 0 aromatic carbocycles. The number of rotatable bonds is 5. The maximum atomic E-state index is 11.9. The van der Waals surface area contributed by atoms with Crippen molar-refractivity contribution in [1.29, 1.82) is 0 Å². The third-order valence-electron chi connectivity index (χ3n) is 2.68. The topological polar surface area (TPSA) is 79.3 Å². The van der Waals surface area contributed by atoms with Gasteiger partial charge in [0.2, 0.25) is 0 Å². The summed E-state index contributed by atoms with van der Waals surface area (Å²) in [5.74, 6) is -1.67. The van der Waals surface area contributed by atoms with Gasteiger partial charge in [-0.2, -0.15) is 0 Å². The molecule has 0 aliphatic heterocycles. The zero-order valence-electron chi connectivity index (χ0n) is 10.8. The summed E-state index contributed by atoms with van der Waals surface area (Å²) < 4.78 is 0. The van der Waals surface area contributed by atoms with E-state index in [2.05, 4.69) is 10.3 Å². The first-order valence-electron chi connectivity index (χ1n) is 5.94. The molecule has 0 spiro atoms. The second-order valence-corrected chi connectivity index (χ2v) is 4.44. The van der Waals surface area contributed by atoms with E-state index in [1.807, 2.05) is 13.0 Å². The van der Waals surface area contributed by atoms with Gasteiger partial charge in [-0.3, -0.25) is 9.78 Å². The molecule has 0 aliphatic rings. The fraction of sp³-hybridized carbons (Fsp3) is 0.462. The fourth-order valence-electron chi connectivity index (χ4n) is 1.55. The van der Waals surface area contributed by atoms with Gasteiger partial charge < -0.3 is 10.4 Å². The van der Waals surface area contributed by atoms with Crippen LogP contribution in [-0.2, 0) is 11.2 Å². The molecule has 1 aromatic heterocycles. The Kier molecular flexibility index (Phi) is 4.83. The Morgan fingerprint density at radius 1 is 1.44 bits per heavy atom. The van der Waals surface area contributed by atoms with E-state index >= 15 is 0 Å². The van der Waals surface area contributed by atoms with Crippen molar-refractivity contribution in [2.75, 3.05) is 0 Å². The third kappa shape index (κ3) is 3.55. The highest BCUT2D eigenvalue weighted by Gasteiger charge is 2.24. The zero-order valence-corrected chi connectivity index (χ0v) is 10.8. The SMILES string of the molecule is CCc1ccnc(C(=O)N[C@H](C(=O)O)C(C)C)c1. The van der Waals surface area contributed by atoms with Crippen molar-refractivity contribution < 1.29 is 14.7 Å². The van der Waals surface area contributed by atoms with Gasteiger partial charge in [-0.1, -0.05) is 20.8 Å². The van der Waals surface area contributed by atoms with Gasteiger partial charge in [-0.15, -0.1) is 0 Å². The Morgan fingerprint density at radius 3 is 2.61 bits per heavy atom. The first-order valence-corrected chi connectivity index (χ1v) is 5.94. The Bertz CT molecular complexity index is 444. The molecule has 2 N–H and O–H groups in total. The van der Waals surface area contributed by atoms with Crippen molar-refractivity contribution in [3.63, 3.8) is 0 Å². The van der Waals surface area contributed by atoms with Crippen LogP contribution in [0.2, 0.25) is 0 Å². The number of pyridine rings is 1. The van der Waals surface area contributed by atoms with Crippen LogP contribution in [-0.4, -0.2) is 28.0 Å². The van der Waals surface area contributed by atoms with Gasteiger partial charge in [-0.25, -0.2) is 4.79 Å². The number of carboxylic acids is 1. The highest BCUT2D eigenvalue weighted by Crippen LogP contribution is 2.06. The minimum atomic E-state index is -1.04. The molecule has 0 saturated heterocycles. The van der Waals surface area contributed by atoms with Crippen LogP contribution < -0.4 is 5.32 Å². The number of aryl methyl sites for hydroxylation is 1. The predicted octanol–water partition coefficient (Wildman–Crippen LogP) is 1.48. The average molecular weight is 250 g/mol. The lowest BCUT2D eigenvalue weighted by Gasteiger charge is -2.17. The van der Waals surface area contributed by atoms with E-state index in [4.69, 9.17) is 5.11 Å². The molecular formula is C13H18N2O3. The van der Waals surface area contributed by atoms with Gasteiger partial charge in [0.15, 0.2) is 0 Å². The van der Waals surface area contributed by atoms with Crippen molar-refractivity contribution in [2.45, 2.75) is 33.2 Å². The molecule has 1 amide bonds. The lowest BCUT2D eigenvalue weighted by atomic mass is 10.0. The molecule has 0 fully saturated rings. The quantitative estimate of drug-likeness (QED) is 0.829. The Hall–Kier alpha value is -1.91. The van der Waals surface area contributed by atoms with Crippen LogP contribution in [0.1, 0.15) is 36.8 Å². The zero-order chi connectivity index (χ0) is 13.7. The van der Waals surface area contributed by atoms with Crippen LogP contribution in [0.15, 0.2) is 18.3 Å². The molecular weight excluding hydrogens is 232 g/mol.